The molecule has 0 saturated heterocycles. The second-order valence-corrected chi connectivity index (χ2v) is 5.86. The zero-order chi connectivity index (χ0) is 16.8. The number of nitrogens with zero attached hydrogens (tertiary/aromatic N) is 2. The van der Waals surface area contributed by atoms with Crippen LogP contribution in [0.3, 0.4) is 0 Å². The Morgan fingerprint density at radius 3 is 3.00 bits per heavy atom. The van der Waals surface area contributed by atoms with Crippen LogP contribution in [0.1, 0.15) is 30.3 Å². The molecule has 1 amide bonds. The summed E-state index contributed by atoms with van der Waals surface area (Å²) in [6.07, 6.45) is 0.889. The topological polar surface area (TPSA) is 105 Å². The molecule has 1 heterocycles. The van der Waals surface area contributed by atoms with Crippen LogP contribution in [0.5, 0.6) is 0 Å². The molecule has 1 atom stereocenters. The number of nitrogens with one attached hydrogen (secondary N) is 1. The van der Waals surface area contributed by atoms with Crippen LogP contribution in [0.25, 0.3) is 10.6 Å². The van der Waals surface area contributed by atoms with E-state index in [-0.39, 0.29) is 23.8 Å². The summed E-state index contributed by atoms with van der Waals surface area (Å²) >= 11 is 1.24. The van der Waals surface area contributed by atoms with Gasteiger partial charge in [0.2, 0.25) is 0 Å². The summed E-state index contributed by atoms with van der Waals surface area (Å²) in [6, 6.07) is 6.11. The van der Waals surface area contributed by atoms with Gasteiger partial charge in [-0.3, -0.25) is 14.9 Å². The number of carbonyl (C=O) groups excluding carboxylic acids is 1. The minimum Gasteiger partial charge on any atom is -0.391 e. The Morgan fingerprint density at radius 2 is 2.30 bits per heavy atom. The minimum atomic E-state index is -0.571. The highest BCUT2D eigenvalue weighted by Crippen LogP contribution is 2.26. The number of rotatable bonds is 7. The summed E-state index contributed by atoms with van der Waals surface area (Å²) in [5, 5.41) is 25.2. The van der Waals surface area contributed by atoms with E-state index in [4.69, 9.17) is 0 Å². The van der Waals surface area contributed by atoms with Crippen LogP contribution < -0.4 is 5.32 Å². The van der Waals surface area contributed by atoms with Gasteiger partial charge in [0, 0.05) is 29.6 Å². The van der Waals surface area contributed by atoms with Crippen molar-refractivity contribution >= 4 is 22.9 Å². The number of hydrogen-bond acceptors (Lipinski definition) is 6. The van der Waals surface area contributed by atoms with Gasteiger partial charge in [-0.25, -0.2) is 4.98 Å². The lowest BCUT2D eigenvalue weighted by atomic mass is 10.2. The third kappa shape index (κ3) is 4.57. The lowest BCUT2D eigenvalue weighted by molar-refractivity contribution is -0.384. The zero-order valence-corrected chi connectivity index (χ0v) is 13.4. The molecule has 2 N–H and O–H groups in total. The van der Waals surface area contributed by atoms with E-state index in [0.29, 0.717) is 17.0 Å². The van der Waals surface area contributed by atoms with Crippen LogP contribution in [-0.2, 0) is 0 Å². The van der Waals surface area contributed by atoms with Gasteiger partial charge in [0.1, 0.15) is 10.7 Å². The van der Waals surface area contributed by atoms with Gasteiger partial charge in [0.15, 0.2) is 0 Å². The quantitative estimate of drug-likeness (QED) is 0.597. The predicted octanol–water partition coefficient (Wildman–Crippen LogP) is 2.61. The first-order valence-electron chi connectivity index (χ1n) is 7.18. The highest BCUT2D eigenvalue weighted by molar-refractivity contribution is 7.13. The third-order valence-corrected chi connectivity index (χ3v) is 4.05. The van der Waals surface area contributed by atoms with Crippen molar-refractivity contribution in [3.05, 3.63) is 45.5 Å². The van der Waals surface area contributed by atoms with Gasteiger partial charge in [-0.1, -0.05) is 25.5 Å². The molecule has 8 heteroatoms. The van der Waals surface area contributed by atoms with E-state index in [1.165, 1.54) is 23.5 Å². The van der Waals surface area contributed by atoms with Gasteiger partial charge >= 0.3 is 0 Å². The lowest BCUT2D eigenvalue weighted by Gasteiger charge is -2.09. The molecule has 2 aromatic rings. The molecule has 7 nitrogen and oxygen atoms in total. The van der Waals surface area contributed by atoms with E-state index in [2.05, 4.69) is 10.3 Å². The van der Waals surface area contributed by atoms with Crippen molar-refractivity contribution < 1.29 is 14.8 Å². The fourth-order valence-electron chi connectivity index (χ4n) is 2.00. The Hall–Kier alpha value is -2.32. The molecule has 2 rings (SSSR count). The summed E-state index contributed by atoms with van der Waals surface area (Å²) < 4.78 is 0. The predicted molar refractivity (Wildman–Crippen MR) is 87.5 cm³/mol. The van der Waals surface area contributed by atoms with Crippen molar-refractivity contribution in [1.29, 1.82) is 0 Å². The maximum atomic E-state index is 12.0. The molecule has 1 unspecified atom stereocenters. The van der Waals surface area contributed by atoms with Crippen molar-refractivity contribution in [1.82, 2.24) is 10.3 Å². The summed E-state index contributed by atoms with van der Waals surface area (Å²) in [4.78, 5) is 26.5. The number of benzene rings is 1. The van der Waals surface area contributed by atoms with E-state index in [1.807, 2.05) is 6.92 Å². The fourth-order valence-corrected chi connectivity index (χ4v) is 2.80. The first kappa shape index (κ1) is 17.0. The van der Waals surface area contributed by atoms with Crippen molar-refractivity contribution in [3.8, 4) is 10.6 Å². The molecule has 0 aliphatic rings. The molecular weight excluding hydrogens is 318 g/mol. The van der Waals surface area contributed by atoms with Crippen molar-refractivity contribution in [3.63, 3.8) is 0 Å². The SMILES string of the molecule is CCCC(O)CNC(=O)c1csc(-c2cccc([N+](=O)[O-])c2)n1. The van der Waals surface area contributed by atoms with Gasteiger partial charge in [-0.2, -0.15) is 0 Å². The van der Waals surface area contributed by atoms with Crippen LogP contribution >= 0.6 is 11.3 Å². The van der Waals surface area contributed by atoms with Crippen LogP contribution in [0, 0.1) is 10.1 Å². The number of thiazole rings is 1. The molecule has 0 aliphatic heterocycles. The number of amides is 1. The number of aliphatic hydroxyl groups excluding tert-OH is 1. The first-order chi connectivity index (χ1) is 11.0. The van der Waals surface area contributed by atoms with Crippen molar-refractivity contribution in [2.75, 3.05) is 6.54 Å². The summed E-state index contributed by atoms with van der Waals surface area (Å²) in [6.45, 7) is 2.13. The van der Waals surface area contributed by atoms with E-state index in [9.17, 15) is 20.0 Å². The van der Waals surface area contributed by atoms with Crippen LogP contribution in [0.2, 0.25) is 0 Å². The molecule has 122 valence electrons. The number of nitro benzene ring substituents is 1. The number of non-ortho nitro benzene ring substituents is 1. The molecule has 23 heavy (non-hydrogen) atoms. The average Bonchev–Trinajstić information content (AvgIpc) is 3.03. The maximum absolute atomic E-state index is 12.0. The molecule has 0 radical (unpaired) electrons. The van der Waals surface area contributed by atoms with E-state index >= 15 is 0 Å². The largest absolute Gasteiger partial charge is 0.391 e. The first-order valence-corrected chi connectivity index (χ1v) is 8.05. The molecule has 0 aliphatic carbocycles. The second kappa shape index (κ2) is 7.80. The number of hydrogen-bond donors (Lipinski definition) is 2. The lowest BCUT2D eigenvalue weighted by Crippen LogP contribution is -2.32. The van der Waals surface area contributed by atoms with Crippen LogP contribution in [0.15, 0.2) is 29.6 Å². The van der Waals surface area contributed by atoms with Crippen LogP contribution in [0.4, 0.5) is 5.69 Å². The van der Waals surface area contributed by atoms with E-state index in [0.717, 1.165) is 6.42 Å². The summed E-state index contributed by atoms with van der Waals surface area (Å²) in [7, 11) is 0. The average molecular weight is 335 g/mol. The fraction of sp³-hybridized carbons (Fsp3) is 0.333. The molecule has 0 bridgehead atoms. The Balaban J connectivity index is 2.07. The van der Waals surface area contributed by atoms with Gasteiger partial charge in [0.25, 0.3) is 11.6 Å². The van der Waals surface area contributed by atoms with Gasteiger partial charge < -0.3 is 10.4 Å². The van der Waals surface area contributed by atoms with Crippen molar-refractivity contribution in [2.24, 2.45) is 0 Å². The number of aromatic nitrogens is 1. The Labute approximate surface area is 137 Å². The van der Waals surface area contributed by atoms with Gasteiger partial charge in [0.05, 0.1) is 11.0 Å². The Kier molecular flexibility index (Phi) is 5.78. The highest BCUT2D eigenvalue weighted by Gasteiger charge is 2.14. The van der Waals surface area contributed by atoms with Gasteiger partial charge in [-0.15, -0.1) is 11.3 Å². The third-order valence-electron chi connectivity index (χ3n) is 3.16. The van der Waals surface area contributed by atoms with Crippen molar-refractivity contribution in [2.45, 2.75) is 25.9 Å². The van der Waals surface area contributed by atoms with Crippen LogP contribution in [-0.4, -0.2) is 33.6 Å². The molecule has 0 saturated carbocycles. The normalized spacial score (nSPS) is 11.9. The Morgan fingerprint density at radius 1 is 1.52 bits per heavy atom. The van der Waals surface area contributed by atoms with E-state index in [1.54, 1.807) is 17.5 Å². The molecule has 1 aromatic carbocycles. The summed E-state index contributed by atoms with van der Waals surface area (Å²) in [5.74, 6) is -0.368. The zero-order valence-electron chi connectivity index (χ0n) is 12.6. The molecular formula is C15H17N3O4S. The summed E-state index contributed by atoms with van der Waals surface area (Å²) in [5.41, 5.74) is 0.806. The monoisotopic (exact) mass is 335 g/mol. The highest BCUT2D eigenvalue weighted by atomic mass is 32.1. The number of aliphatic hydroxyl groups is 1. The second-order valence-electron chi connectivity index (χ2n) is 5.00. The molecule has 0 spiro atoms. The van der Waals surface area contributed by atoms with E-state index < -0.39 is 11.0 Å². The maximum Gasteiger partial charge on any atom is 0.270 e. The number of nitro groups is 1. The smallest absolute Gasteiger partial charge is 0.270 e. The molecule has 1 aromatic heterocycles. The minimum absolute atomic E-state index is 0.0219. The molecule has 0 fully saturated rings. The standard InChI is InChI=1S/C15H17N3O4S/c1-2-4-12(19)8-16-14(20)13-9-23-15(17-13)10-5-3-6-11(7-10)18(21)22/h3,5-7,9,12,19H,2,4,8H2,1H3,(H,16,20). The van der Waals surface area contributed by atoms with Gasteiger partial charge in [-0.05, 0) is 6.42 Å². The number of carbonyl (C=O) groups is 1. The Bertz CT molecular complexity index is 702.